The Hall–Kier alpha value is -1.46. The molecule has 3 heterocycles. The lowest BCUT2D eigenvalue weighted by molar-refractivity contribution is -0.132. The van der Waals surface area contributed by atoms with Gasteiger partial charge in [-0.1, -0.05) is 6.07 Å². The van der Waals surface area contributed by atoms with Crippen molar-refractivity contribution in [3.63, 3.8) is 0 Å². The van der Waals surface area contributed by atoms with Gasteiger partial charge in [-0.05, 0) is 18.6 Å². The number of aromatic nitrogens is 1. The van der Waals surface area contributed by atoms with Gasteiger partial charge in [0.1, 0.15) is 0 Å². The van der Waals surface area contributed by atoms with Gasteiger partial charge in [0.25, 0.3) is 0 Å². The summed E-state index contributed by atoms with van der Waals surface area (Å²) in [6, 6.07) is 6.05. The van der Waals surface area contributed by atoms with Crippen LogP contribution in [0.3, 0.4) is 0 Å². The number of carbonyl (C=O) groups excluding carboxylic acids is 1. The number of pyridine rings is 1. The maximum Gasteiger partial charge on any atom is 0.224 e. The van der Waals surface area contributed by atoms with E-state index in [1.54, 1.807) is 7.11 Å². The van der Waals surface area contributed by atoms with Crippen LogP contribution < -0.4 is 0 Å². The molecule has 0 unspecified atom stereocenters. The van der Waals surface area contributed by atoms with E-state index >= 15 is 0 Å². The molecular weight excluding hydrogens is 266 g/mol. The van der Waals surface area contributed by atoms with Crippen LogP contribution in [-0.4, -0.2) is 60.6 Å². The fraction of sp³-hybridized carbons (Fsp3) is 0.625. The minimum Gasteiger partial charge on any atom is -0.384 e. The fourth-order valence-corrected chi connectivity index (χ4v) is 3.49. The number of likely N-dealkylation sites (tertiary alicyclic amines) is 2. The highest BCUT2D eigenvalue weighted by Gasteiger charge is 2.48. The molecule has 0 atom stereocenters. The number of carbonyl (C=O) groups is 1. The molecule has 3 rings (SSSR count). The fourth-order valence-electron chi connectivity index (χ4n) is 3.49. The molecule has 1 aromatic heterocycles. The molecule has 2 aliphatic rings. The van der Waals surface area contributed by atoms with Gasteiger partial charge in [0.15, 0.2) is 0 Å². The molecule has 2 aliphatic heterocycles. The first-order valence-corrected chi connectivity index (χ1v) is 7.60. The van der Waals surface area contributed by atoms with Crippen molar-refractivity contribution in [2.45, 2.75) is 19.4 Å². The summed E-state index contributed by atoms with van der Waals surface area (Å²) < 4.78 is 4.99. The molecule has 5 nitrogen and oxygen atoms in total. The zero-order chi connectivity index (χ0) is 14.7. The largest absolute Gasteiger partial charge is 0.384 e. The predicted octanol–water partition coefficient (Wildman–Crippen LogP) is 1.15. The Morgan fingerprint density at radius 1 is 1.38 bits per heavy atom. The van der Waals surface area contributed by atoms with Crippen molar-refractivity contribution in [3.8, 4) is 0 Å². The van der Waals surface area contributed by atoms with Gasteiger partial charge in [0, 0.05) is 51.4 Å². The smallest absolute Gasteiger partial charge is 0.224 e. The van der Waals surface area contributed by atoms with Crippen LogP contribution in [-0.2, 0) is 16.1 Å². The van der Waals surface area contributed by atoms with Crippen molar-refractivity contribution in [3.05, 3.63) is 30.1 Å². The molecule has 5 heteroatoms. The molecule has 0 saturated carbocycles. The second kappa shape index (κ2) is 6.12. The van der Waals surface area contributed by atoms with Crippen molar-refractivity contribution in [2.24, 2.45) is 5.41 Å². The van der Waals surface area contributed by atoms with E-state index in [2.05, 4.69) is 16.0 Å². The molecule has 0 aliphatic carbocycles. The number of methoxy groups -OCH3 is 1. The standard InChI is InChI=1S/C16H23N3O2/c1-21-9-5-15(20)19-8-6-16(13-19)11-18(12-16)10-14-4-2-3-7-17-14/h2-4,7H,5-6,8-13H2,1H3. The van der Waals surface area contributed by atoms with Crippen LogP contribution in [0.5, 0.6) is 0 Å². The second-order valence-electron chi connectivity index (χ2n) is 6.27. The number of hydrogen-bond acceptors (Lipinski definition) is 4. The van der Waals surface area contributed by atoms with E-state index in [9.17, 15) is 4.79 Å². The molecule has 1 spiro atoms. The summed E-state index contributed by atoms with van der Waals surface area (Å²) in [4.78, 5) is 20.8. The number of hydrogen-bond donors (Lipinski definition) is 0. The Labute approximate surface area is 125 Å². The molecule has 114 valence electrons. The van der Waals surface area contributed by atoms with Crippen molar-refractivity contribution < 1.29 is 9.53 Å². The molecule has 2 saturated heterocycles. The Balaban J connectivity index is 1.46. The summed E-state index contributed by atoms with van der Waals surface area (Å²) in [6.07, 6.45) is 3.48. The lowest BCUT2D eigenvalue weighted by Gasteiger charge is -2.48. The molecule has 1 aromatic rings. The number of amides is 1. The van der Waals surface area contributed by atoms with Gasteiger partial charge in [-0.2, -0.15) is 0 Å². The van der Waals surface area contributed by atoms with Crippen LogP contribution in [0.1, 0.15) is 18.5 Å². The van der Waals surface area contributed by atoms with E-state index in [-0.39, 0.29) is 5.91 Å². The number of rotatable bonds is 5. The van der Waals surface area contributed by atoms with E-state index in [1.165, 1.54) is 0 Å². The third kappa shape index (κ3) is 3.24. The minimum atomic E-state index is 0.233. The van der Waals surface area contributed by atoms with Crippen LogP contribution in [0.4, 0.5) is 0 Å². The lowest BCUT2D eigenvalue weighted by Crippen LogP contribution is -2.57. The first kappa shape index (κ1) is 14.5. The summed E-state index contributed by atoms with van der Waals surface area (Å²) in [6.45, 7) is 5.41. The van der Waals surface area contributed by atoms with Gasteiger partial charge in [-0.3, -0.25) is 14.7 Å². The zero-order valence-corrected chi connectivity index (χ0v) is 12.6. The van der Waals surface area contributed by atoms with Gasteiger partial charge in [0.2, 0.25) is 5.91 Å². The van der Waals surface area contributed by atoms with E-state index in [4.69, 9.17) is 4.74 Å². The highest BCUT2D eigenvalue weighted by molar-refractivity contribution is 5.76. The average Bonchev–Trinajstić information content (AvgIpc) is 2.91. The second-order valence-corrected chi connectivity index (χ2v) is 6.27. The maximum absolute atomic E-state index is 12.0. The van der Waals surface area contributed by atoms with Crippen LogP contribution in [0.2, 0.25) is 0 Å². The molecule has 2 fully saturated rings. The Kier molecular flexibility index (Phi) is 4.22. The summed E-state index contributed by atoms with van der Waals surface area (Å²) in [5.74, 6) is 0.233. The highest BCUT2D eigenvalue weighted by atomic mass is 16.5. The molecule has 21 heavy (non-hydrogen) atoms. The van der Waals surface area contributed by atoms with Crippen LogP contribution >= 0.6 is 0 Å². The molecule has 0 aromatic carbocycles. The molecular formula is C16H23N3O2. The van der Waals surface area contributed by atoms with E-state index in [0.29, 0.717) is 18.4 Å². The van der Waals surface area contributed by atoms with E-state index < -0.39 is 0 Å². The number of nitrogens with zero attached hydrogens (tertiary/aromatic N) is 3. The monoisotopic (exact) mass is 289 g/mol. The third-order valence-electron chi connectivity index (χ3n) is 4.54. The highest BCUT2D eigenvalue weighted by Crippen LogP contribution is 2.40. The first-order valence-electron chi connectivity index (χ1n) is 7.60. The summed E-state index contributed by atoms with van der Waals surface area (Å²) in [5.41, 5.74) is 1.45. The summed E-state index contributed by atoms with van der Waals surface area (Å²) >= 11 is 0. The SMILES string of the molecule is COCCC(=O)N1CCC2(CN(Cc3ccccn3)C2)C1. The molecule has 0 N–H and O–H groups in total. The minimum absolute atomic E-state index is 0.233. The number of ether oxygens (including phenoxy) is 1. The van der Waals surface area contributed by atoms with Crippen LogP contribution in [0, 0.1) is 5.41 Å². The van der Waals surface area contributed by atoms with Crippen molar-refractivity contribution in [1.82, 2.24) is 14.8 Å². The average molecular weight is 289 g/mol. The summed E-state index contributed by atoms with van der Waals surface area (Å²) in [5, 5.41) is 0. The quantitative estimate of drug-likeness (QED) is 0.816. The van der Waals surface area contributed by atoms with Crippen LogP contribution in [0.15, 0.2) is 24.4 Å². The van der Waals surface area contributed by atoms with Crippen molar-refractivity contribution >= 4 is 5.91 Å². The van der Waals surface area contributed by atoms with Crippen LogP contribution in [0.25, 0.3) is 0 Å². The molecule has 0 bridgehead atoms. The molecule has 0 radical (unpaired) electrons. The molecule has 1 amide bonds. The van der Waals surface area contributed by atoms with Gasteiger partial charge < -0.3 is 9.64 Å². The van der Waals surface area contributed by atoms with Gasteiger partial charge >= 0.3 is 0 Å². The van der Waals surface area contributed by atoms with Gasteiger partial charge in [-0.15, -0.1) is 0 Å². The Morgan fingerprint density at radius 2 is 2.24 bits per heavy atom. The van der Waals surface area contributed by atoms with Gasteiger partial charge in [0.05, 0.1) is 18.7 Å². The zero-order valence-electron chi connectivity index (χ0n) is 12.6. The predicted molar refractivity (Wildman–Crippen MR) is 79.6 cm³/mol. The topological polar surface area (TPSA) is 45.7 Å². The summed E-state index contributed by atoms with van der Waals surface area (Å²) in [7, 11) is 1.64. The Morgan fingerprint density at radius 3 is 2.95 bits per heavy atom. The lowest BCUT2D eigenvalue weighted by atomic mass is 9.79. The normalized spacial score (nSPS) is 20.7. The van der Waals surface area contributed by atoms with E-state index in [0.717, 1.165) is 44.8 Å². The van der Waals surface area contributed by atoms with Crippen molar-refractivity contribution in [2.75, 3.05) is 39.9 Å². The van der Waals surface area contributed by atoms with Gasteiger partial charge in [-0.25, -0.2) is 0 Å². The third-order valence-corrected chi connectivity index (χ3v) is 4.54. The maximum atomic E-state index is 12.0. The first-order chi connectivity index (χ1) is 10.2. The van der Waals surface area contributed by atoms with Crippen molar-refractivity contribution in [1.29, 1.82) is 0 Å². The Bertz CT molecular complexity index is 486. The van der Waals surface area contributed by atoms with E-state index in [1.807, 2.05) is 23.2 Å².